The number of carboxylic acid groups (broad SMARTS) is 1. The fraction of sp³-hybridized carbons (Fsp3) is 0.930. The van der Waals surface area contributed by atoms with Gasteiger partial charge < -0.3 is 160 Å². The van der Waals surface area contributed by atoms with E-state index in [0.29, 0.717) is 0 Å². The maximum atomic E-state index is 13.5. The predicted octanol–water partition coefficient (Wildman–Crippen LogP) is -13.6. The summed E-state index contributed by atoms with van der Waals surface area (Å²) >= 11 is 0. The molecular formula is C43H72N2O33. The van der Waals surface area contributed by atoms with Crippen molar-refractivity contribution in [3.05, 3.63) is 0 Å². The van der Waals surface area contributed by atoms with Gasteiger partial charge in [-0.2, -0.15) is 0 Å². The Balaban J connectivity index is 1.43. The molecule has 6 saturated heterocycles. The Kier molecular flexibility index (Phi) is 22.4. The smallest absolute Gasteiger partial charge is 0.364 e. The molecular weight excluding hydrogens is 1070 g/mol. The number of carbonyl (C=O) groups excluding carboxylic acids is 2. The van der Waals surface area contributed by atoms with Crippen molar-refractivity contribution in [1.29, 1.82) is 0 Å². The summed E-state index contributed by atoms with van der Waals surface area (Å²) in [6.07, 6.45) is -58.8. The third-order valence-corrected chi connectivity index (χ3v) is 14.2. The molecule has 6 heterocycles. The fourth-order valence-electron chi connectivity index (χ4n) is 9.95. The van der Waals surface area contributed by atoms with E-state index in [1.807, 2.05) is 0 Å². The Hall–Kier alpha value is -2.75. The number of nitrogens with one attached hydrogen (secondary N) is 2. The zero-order valence-electron chi connectivity index (χ0n) is 41.8. The molecule has 21 N–H and O–H groups in total. The minimum atomic E-state index is -3.38. The van der Waals surface area contributed by atoms with E-state index in [1.54, 1.807) is 0 Å². The maximum absolute atomic E-state index is 13.5. The summed E-state index contributed by atoms with van der Waals surface area (Å²) in [5.41, 5.74) is 0. The van der Waals surface area contributed by atoms with E-state index in [9.17, 15) is 111 Å². The molecule has 0 bridgehead atoms. The lowest BCUT2D eigenvalue weighted by molar-refractivity contribution is -0.405. The largest absolute Gasteiger partial charge is 0.477 e. The van der Waals surface area contributed by atoms with E-state index in [0.717, 1.165) is 13.8 Å². The number of aliphatic hydroxyl groups excluding tert-OH is 18. The average molecular weight is 1150 g/mol. The van der Waals surface area contributed by atoms with E-state index in [-0.39, 0.29) is 0 Å². The van der Waals surface area contributed by atoms with Gasteiger partial charge in [0.25, 0.3) is 5.79 Å². The number of hydrogen-bond donors (Lipinski definition) is 21. The molecule has 2 amide bonds. The van der Waals surface area contributed by atoms with Gasteiger partial charge in [-0.25, -0.2) is 4.79 Å². The van der Waals surface area contributed by atoms with Crippen molar-refractivity contribution in [1.82, 2.24) is 10.6 Å². The molecule has 0 spiro atoms. The van der Waals surface area contributed by atoms with Gasteiger partial charge in [0.15, 0.2) is 31.5 Å². The van der Waals surface area contributed by atoms with Crippen LogP contribution in [0.1, 0.15) is 27.2 Å². The molecule has 0 aromatic heterocycles. The van der Waals surface area contributed by atoms with Gasteiger partial charge in [0, 0.05) is 20.3 Å². The van der Waals surface area contributed by atoms with Crippen LogP contribution in [-0.2, 0) is 66.5 Å². The molecule has 0 aliphatic carbocycles. The van der Waals surface area contributed by atoms with Gasteiger partial charge in [-0.1, -0.05) is 0 Å². The highest BCUT2D eigenvalue weighted by atomic mass is 16.8. The van der Waals surface area contributed by atoms with E-state index in [1.165, 1.54) is 6.92 Å². The minimum Gasteiger partial charge on any atom is -0.477 e. The van der Waals surface area contributed by atoms with Crippen LogP contribution >= 0.6 is 0 Å². The van der Waals surface area contributed by atoms with Crippen molar-refractivity contribution in [2.24, 2.45) is 0 Å². The number of aliphatic hydroxyl groups is 18. The van der Waals surface area contributed by atoms with Crippen LogP contribution in [0.25, 0.3) is 0 Å². The van der Waals surface area contributed by atoms with Crippen LogP contribution in [0.15, 0.2) is 0 Å². The quantitative estimate of drug-likeness (QED) is 0.0538. The Bertz CT molecular complexity index is 1950. The Morgan fingerprint density at radius 3 is 1.60 bits per heavy atom. The van der Waals surface area contributed by atoms with Crippen LogP contribution in [0.3, 0.4) is 0 Å². The lowest BCUT2D eigenvalue weighted by Gasteiger charge is -2.53. The number of carboxylic acids is 1. The van der Waals surface area contributed by atoms with Gasteiger partial charge in [-0.05, 0) is 6.92 Å². The van der Waals surface area contributed by atoms with Crippen molar-refractivity contribution in [3.8, 4) is 0 Å². The van der Waals surface area contributed by atoms with E-state index >= 15 is 0 Å². The normalized spacial score (nSPS) is 48.1. The molecule has 35 heteroatoms. The number of ether oxygens (including phenoxy) is 11. The van der Waals surface area contributed by atoms with Crippen molar-refractivity contribution in [2.75, 3.05) is 33.0 Å². The molecule has 0 aromatic carbocycles. The highest BCUT2D eigenvalue weighted by Crippen LogP contribution is 2.41. The number of amides is 2. The molecule has 0 radical (unpaired) electrons. The highest BCUT2D eigenvalue weighted by Gasteiger charge is 2.62. The van der Waals surface area contributed by atoms with Gasteiger partial charge in [0.1, 0.15) is 134 Å². The van der Waals surface area contributed by atoms with Gasteiger partial charge in [-0.15, -0.1) is 0 Å². The van der Waals surface area contributed by atoms with Crippen LogP contribution in [-0.4, -0.2) is 338 Å². The van der Waals surface area contributed by atoms with E-state index < -0.39 is 247 Å². The second-order valence-electron chi connectivity index (χ2n) is 19.6. The first-order valence-corrected chi connectivity index (χ1v) is 24.6. The summed E-state index contributed by atoms with van der Waals surface area (Å²) in [6.45, 7) is -2.51. The van der Waals surface area contributed by atoms with Crippen LogP contribution in [0, 0.1) is 0 Å². The summed E-state index contributed by atoms with van der Waals surface area (Å²) in [4.78, 5) is 38.9. The van der Waals surface area contributed by atoms with Crippen LogP contribution in [0.5, 0.6) is 0 Å². The summed E-state index contributed by atoms with van der Waals surface area (Å²) in [6, 6.07) is -3.74. The van der Waals surface area contributed by atoms with Gasteiger partial charge in [-0.3, -0.25) is 9.59 Å². The van der Waals surface area contributed by atoms with Crippen molar-refractivity contribution in [3.63, 3.8) is 0 Å². The van der Waals surface area contributed by atoms with Gasteiger partial charge >= 0.3 is 5.97 Å². The highest BCUT2D eigenvalue weighted by molar-refractivity contribution is 5.76. The number of aliphatic carboxylic acids is 1. The number of carbonyl (C=O) groups is 3. The Morgan fingerprint density at radius 1 is 0.526 bits per heavy atom. The summed E-state index contributed by atoms with van der Waals surface area (Å²) < 4.78 is 63.9. The Labute approximate surface area is 441 Å². The molecule has 0 aromatic rings. The lowest BCUT2D eigenvalue weighted by atomic mass is 9.88. The average Bonchev–Trinajstić information content (AvgIpc) is 3.48. The molecule has 6 rings (SSSR count). The second-order valence-corrected chi connectivity index (χ2v) is 19.6. The van der Waals surface area contributed by atoms with Gasteiger partial charge in [0.05, 0.1) is 51.3 Å². The number of rotatable bonds is 20. The predicted molar refractivity (Wildman–Crippen MR) is 238 cm³/mol. The minimum absolute atomic E-state index is 0.879. The molecule has 6 fully saturated rings. The molecule has 6 aliphatic heterocycles. The molecule has 28 unspecified atom stereocenters. The monoisotopic (exact) mass is 1140 g/mol. The zero-order valence-corrected chi connectivity index (χ0v) is 41.8. The maximum Gasteiger partial charge on any atom is 0.364 e. The van der Waals surface area contributed by atoms with Crippen LogP contribution in [0.4, 0.5) is 0 Å². The lowest BCUT2D eigenvalue weighted by Crippen LogP contribution is -2.72. The molecule has 78 heavy (non-hydrogen) atoms. The first-order valence-electron chi connectivity index (χ1n) is 24.6. The second kappa shape index (κ2) is 27.1. The zero-order chi connectivity index (χ0) is 58.0. The summed E-state index contributed by atoms with van der Waals surface area (Å²) in [7, 11) is 0. The Morgan fingerprint density at radius 2 is 1.03 bits per heavy atom. The molecule has 452 valence electrons. The summed E-state index contributed by atoms with van der Waals surface area (Å²) in [5, 5.41) is 209. The third-order valence-electron chi connectivity index (χ3n) is 14.2. The topological polar surface area (TPSA) is 561 Å². The molecule has 6 aliphatic rings. The SMILES string of the molecule is CC(=O)NC1C(OC2C(CO)OC(OC3C(CO)OC(O)C(O)C3O)C(O)C2O[C@]2(C(=O)O)CC(O)[C@@H](NC(C)=O)C(C(O)[C@H](O)CO)O2)OC(CO)C(O)C1OC1OC(CO)C(O)C(O)C1OC1OC(C)C(O)C(O)C1O. The van der Waals surface area contributed by atoms with Crippen LogP contribution in [0.2, 0.25) is 0 Å². The first-order chi connectivity index (χ1) is 36.7. The molecule has 0 saturated carbocycles. The van der Waals surface area contributed by atoms with E-state index in [2.05, 4.69) is 10.6 Å². The summed E-state index contributed by atoms with van der Waals surface area (Å²) in [5.74, 6) is -7.40. The van der Waals surface area contributed by atoms with E-state index in [4.69, 9.17) is 52.1 Å². The van der Waals surface area contributed by atoms with Crippen molar-refractivity contribution < 1.29 is 164 Å². The fourth-order valence-corrected chi connectivity index (χ4v) is 9.95. The van der Waals surface area contributed by atoms with Crippen molar-refractivity contribution in [2.45, 2.75) is 217 Å². The third kappa shape index (κ3) is 13.5. The molecule has 35 nitrogen and oxygen atoms in total. The van der Waals surface area contributed by atoms with Crippen molar-refractivity contribution >= 4 is 17.8 Å². The first kappa shape index (κ1) is 64.4. The number of hydrogen-bond acceptors (Lipinski definition) is 32. The van der Waals surface area contributed by atoms with Gasteiger partial charge in [0.2, 0.25) is 11.8 Å². The molecule has 31 atom stereocenters. The van der Waals surface area contributed by atoms with Crippen LogP contribution < -0.4 is 10.6 Å². The standard InChI is InChI=1S/C43H72N2O33/c1-10-21(55)25(59)29(63)39(68-10)76-36-26(60)23(57)15(6-47)71-41(36)75-33-20(45-12(3)52)38(70-16(7-48)24(33)58)74-32-18(9-50)72-40(73-31-17(8-49)69-37(65)28(62)27(31)61)30(64)35(32)78-43(42(66)67)4-13(53)19(44-11(2)51)34(77-43)22(56)14(54)5-46/h10,13-41,46-50,53-65H,4-9H2,1-3H3,(H,44,51)(H,45,52)(H,66,67)/t10?,13?,14-,15?,16?,17?,18?,19-,20?,21?,22?,23?,24?,25?,26?,27?,28?,29?,30?,31?,32?,33?,34?,35?,36?,37?,38?,39?,40?,41?,43+/m1/s1.